The van der Waals surface area contributed by atoms with E-state index >= 15 is 0 Å². The molecule has 0 spiro atoms. The Hall–Kier alpha value is -3.98. The number of benzene rings is 2. The molecule has 4 aromatic rings. The third-order valence-electron chi connectivity index (χ3n) is 6.77. The number of anilines is 4. The molecule has 0 bridgehead atoms. The predicted molar refractivity (Wildman–Crippen MR) is 146 cm³/mol. The van der Waals surface area contributed by atoms with Crippen molar-refractivity contribution in [1.82, 2.24) is 24.9 Å². The van der Waals surface area contributed by atoms with Crippen molar-refractivity contribution in [2.24, 2.45) is 0 Å². The Morgan fingerprint density at radius 3 is 2.03 bits per heavy atom. The maximum atomic E-state index is 6.04. The maximum absolute atomic E-state index is 6.04. The molecular weight excluding hydrogens is 486 g/mol. The fourth-order valence-corrected chi connectivity index (χ4v) is 4.96. The van der Waals surface area contributed by atoms with Crippen molar-refractivity contribution in [3.8, 4) is 0 Å². The molecule has 2 aromatic carbocycles. The topological polar surface area (TPSA) is 95.0 Å². The van der Waals surface area contributed by atoms with E-state index in [1.807, 2.05) is 30.3 Å². The first-order valence-corrected chi connectivity index (χ1v) is 12.9. The van der Waals surface area contributed by atoms with Gasteiger partial charge in [0, 0.05) is 56.2 Å². The van der Waals surface area contributed by atoms with Crippen LogP contribution >= 0.6 is 11.6 Å². The Morgan fingerprint density at radius 1 is 0.730 bits per heavy atom. The molecule has 10 heteroatoms. The number of nitrogens with zero attached hydrogens (tertiary/aromatic N) is 7. The highest BCUT2D eigenvalue weighted by molar-refractivity contribution is 6.30. The molecule has 1 fully saturated rings. The standard InChI is InChI=1S/C27H28ClN9/c28-22-8-6-19(7-9-22)18-31-24-33-25(32-23-16-20-4-1-2-5-21(20)17-23)35-27(34-24)37-14-12-36(13-15-37)26-29-10-3-11-30-26/h1-11,23H,12-18H2,(H2,31,32,33,34,35). The highest BCUT2D eigenvalue weighted by Crippen LogP contribution is 2.25. The summed E-state index contributed by atoms with van der Waals surface area (Å²) >= 11 is 6.04. The Balaban J connectivity index is 1.19. The lowest BCUT2D eigenvalue weighted by molar-refractivity contribution is 0.626. The Bertz CT molecular complexity index is 1320. The molecule has 1 aliphatic carbocycles. The summed E-state index contributed by atoms with van der Waals surface area (Å²) in [5.74, 6) is 2.56. The minimum atomic E-state index is 0.254. The summed E-state index contributed by atoms with van der Waals surface area (Å²) in [6.45, 7) is 3.72. The highest BCUT2D eigenvalue weighted by Gasteiger charge is 2.24. The average molecular weight is 514 g/mol. The zero-order valence-electron chi connectivity index (χ0n) is 20.4. The molecule has 1 saturated heterocycles. The van der Waals surface area contributed by atoms with Crippen LogP contribution in [0.5, 0.6) is 0 Å². The molecular formula is C27H28ClN9. The number of hydrogen-bond acceptors (Lipinski definition) is 9. The van der Waals surface area contributed by atoms with E-state index in [0.29, 0.717) is 24.4 Å². The predicted octanol–water partition coefficient (Wildman–Crippen LogP) is 3.83. The van der Waals surface area contributed by atoms with Crippen molar-refractivity contribution < 1.29 is 0 Å². The second-order valence-corrected chi connectivity index (χ2v) is 9.74. The summed E-state index contributed by atoms with van der Waals surface area (Å²) in [5.41, 5.74) is 3.87. The van der Waals surface area contributed by atoms with E-state index in [2.05, 4.69) is 54.7 Å². The summed E-state index contributed by atoms with van der Waals surface area (Å²) < 4.78 is 0. The summed E-state index contributed by atoms with van der Waals surface area (Å²) in [6, 6.07) is 18.5. The first-order valence-electron chi connectivity index (χ1n) is 12.5. The second-order valence-electron chi connectivity index (χ2n) is 9.30. The van der Waals surface area contributed by atoms with Gasteiger partial charge >= 0.3 is 0 Å². The van der Waals surface area contributed by atoms with E-state index in [0.717, 1.165) is 55.6 Å². The van der Waals surface area contributed by atoms with Gasteiger partial charge < -0.3 is 20.4 Å². The van der Waals surface area contributed by atoms with Gasteiger partial charge in [-0.05, 0) is 47.7 Å². The molecule has 6 rings (SSSR count). The van der Waals surface area contributed by atoms with Gasteiger partial charge in [-0.3, -0.25) is 0 Å². The lowest BCUT2D eigenvalue weighted by atomic mass is 10.1. The molecule has 0 radical (unpaired) electrons. The van der Waals surface area contributed by atoms with Gasteiger partial charge in [0.25, 0.3) is 0 Å². The Labute approximate surface area is 221 Å². The van der Waals surface area contributed by atoms with Gasteiger partial charge in [-0.1, -0.05) is 48.0 Å². The summed E-state index contributed by atoms with van der Waals surface area (Å²) in [5, 5.41) is 7.66. The minimum Gasteiger partial charge on any atom is -0.351 e. The zero-order chi connectivity index (χ0) is 25.0. The molecule has 0 atom stereocenters. The number of halogens is 1. The number of aromatic nitrogens is 5. The molecule has 1 aliphatic heterocycles. The number of nitrogens with one attached hydrogen (secondary N) is 2. The van der Waals surface area contributed by atoms with Crippen LogP contribution in [0.25, 0.3) is 0 Å². The first-order chi connectivity index (χ1) is 18.2. The third kappa shape index (κ3) is 5.56. The van der Waals surface area contributed by atoms with Gasteiger partial charge in [0.15, 0.2) is 0 Å². The molecule has 2 aromatic heterocycles. The van der Waals surface area contributed by atoms with Crippen molar-refractivity contribution in [3.63, 3.8) is 0 Å². The molecule has 0 unspecified atom stereocenters. The third-order valence-corrected chi connectivity index (χ3v) is 7.02. The summed E-state index contributed by atoms with van der Waals surface area (Å²) in [7, 11) is 0. The fourth-order valence-electron chi connectivity index (χ4n) is 4.84. The van der Waals surface area contributed by atoms with E-state index in [4.69, 9.17) is 26.6 Å². The van der Waals surface area contributed by atoms with Crippen LogP contribution in [-0.4, -0.2) is 57.1 Å². The van der Waals surface area contributed by atoms with Crippen LogP contribution in [0, 0.1) is 0 Å². The van der Waals surface area contributed by atoms with Gasteiger partial charge in [0.2, 0.25) is 23.8 Å². The average Bonchev–Trinajstić information content (AvgIpc) is 3.35. The SMILES string of the molecule is Clc1ccc(CNc2nc(NC3Cc4ccccc4C3)nc(N3CCN(c4ncccn4)CC3)n2)cc1. The highest BCUT2D eigenvalue weighted by atomic mass is 35.5. The van der Waals surface area contributed by atoms with Crippen LogP contribution in [0.2, 0.25) is 5.02 Å². The van der Waals surface area contributed by atoms with Gasteiger partial charge in [-0.25, -0.2) is 9.97 Å². The monoisotopic (exact) mass is 513 g/mol. The maximum Gasteiger partial charge on any atom is 0.232 e. The molecule has 2 N–H and O–H groups in total. The van der Waals surface area contributed by atoms with E-state index < -0.39 is 0 Å². The number of hydrogen-bond donors (Lipinski definition) is 2. The van der Waals surface area contributed by atoms with Crippen LogP contribution in [0.3, 0.4) is 0 Å². The zero-order valence-corrected chi connectivity index (χ0v) is 21.1. The number of rotatable bonds is 7. The minimum absolute atomic E-state index is 0.254. The van der Waals surface area contributed by atoms with Crippen LogP contribution in [0.15, 0.2) is 67.0 Å². The second kappa shape index (κ2) is 10.6. The lowest BCUT2D eigenvalue weighted by Crippen LogP contribution is -2.47. The van der Waals surface area contributed by atoms with E-state index in [-0.39, 0.29) is 6.04 Å². The van der Waals surface area contributed by atoms with Crippen molar-refractivity contribution in [2.75, 3.05) is 46.6 Å². The first kappa shape index (κ1) is 23.4. The van der Waals surface area contributed by atoms with Crippen molar-refractivity contribution in [2.45, 2.75) is 25.4 Å². The molecule has 37 heavy (non-hydrogen) atoms. The number of piperazine rings is 1. The van der Waals surface area contributed by atoms with E-state index in [1.165, 1.54) is 11.1 Å². The summed E-state index contributed by atoms with van der Waals surface area (Å²) in [4.78, 5) is 27.5. The van der Waals surface area contributed by atoms with E-state index in [9.17, 15) is 0 Å². The van der Waals surface area contributed by atoms with Crippen molar-refractivity contribution >= 4 is 35.4 Å². The van der Waals surface area contributed by atoms with E-state index in [1.54, 1.807) is 12.4 Å². The molecule has 0 amide bonds. The van der Waals surface area contributed by atoms with Crippen molar-refractivity contribution in [1.29, 1.82) is 0 Å². The van der Waals surface area contributed by atoms with Crippen LogP contribution in [-0.2, 0) is 19.4 Å². The van der Waals surface area contributed by atoms with Gasteiger partial charge in [0.05, 0.1) is 0 Å². The lowest BCUT2D eigenvalue weighted by Gasteiger charge is -2.34. The van der Waals surface area contributed by atoms with Gasteiger partial charge in [0.1, 0.15) is 0 Å². The Morgan fingerprint density at radius 2 is 1.35 bits per heavy atom. The van der Waals surface area contributed by atoms with Crippen LogP contribution in [0.1, 0.15) is 16.7 Å². The quantitative estimate of drug-likeness (QED) is 0.382. The molecule has 2 aliphatic rings. The normalized spacial score (nSPS) is 15.5. The molecule has 9 nitrogen and oxygen atoms in total. The van der Waals surface area contributed by atoms with Gasteiger partial charge in [-0.2, -0.15) is 15.0 Å². The smallest absolute Gasteiger partial charge is 0.232 e. The molecule has 188 valence electrons. The molecule has 0 saturated carbocycles. The van der Waals surface area contributed by atoms with Crippen molar-refractivity contribution in [3.05, 3.63) is 88.7 Å². The van der Waals surface area contributed by atoms with Gasteiger partial charge in [-0.15, -0.1) is 0 Å². The largest absolute Gasteiger partial charge is 0.351 e. The van der Waals surface area contributed by atoms with Crippen LogP contribution in [0.4, 0.5) is 23.8 Å². The number of fused-ring (bicyclic) bond motifs is 1. The molecule has 3 heterocycles. The summed E-state index contributed by atoms with van der Waals surface area (Å²) in [6.07, 6.45) is 5.47. The Kier molecular flexibility index (Phi) is 6.68. The fraction of sp³-hybridized carbons (Fsp3) is 0.296. The van der Waals surface area contributed by atoms with Crippen LogP contribution < -0.4 is 20.4 Å².